The van der Waals surface area contributed by atoms with Crippen molar-refractivity contribution in [3.8, 4) is 5.75 Å². The van der Waals surface area contributed by atoms with Crippen LogP contribution in [0.2, 0.25) is 0 Å². The van der Waals surface area contributed by atoms with Gasteiger partial charge in [-0.05, 0) is 31.0 Å². The van der Waals surface area contributed by atoms with Gasteiger partial charge in [0.1, 0.15) is 11.3 Å². The lowest BCUT2D eigenvalue weighted by Crippen LogP contribution is -2.01. The molecule has 0 atom stereocenters. The second-order valence-electron chi connectivity index (χ2n) is 6.21. The minimum absolute atomic E-state index is 0.329. The van der Waals surface area contributed by atoms with Crippen molar-refractivity contribution in [2.75, 3.05) is 12.0 Å². The summed E-state index contributed by atoms with van der Waals surface area (Å²) in [7, 11) is 0. The summed E-state index contributed by atoms with van der Waals surface area (Å²) in [5.74, 6) is 1.13. The Morgan fingerprint density at radius 1 is 1.15 bits per heavy atom. The highest BCUT2D eigenvalue weighted by Gasteiger charge is 2.10. The summed E-state index contributed by atoms with van der Waals surface area (Å²) >= 11 is 0. The molecule has 0 radical (unpaired) electrons. The zero-order valence-corrected chi connectivity index (χ0v) is 15.2. The van der Waals surface area contributed by atoms with E-state index in [1.807, 2.05) is 49.4 Å². The SMILES string of the molecule is CCCOc1ccccc1C=NNc1nnc2c(n1)[nH]c1c(C)cccc12. The molecule has 7 nitrogen and oxygen atoms in total. The third-order valence-corrected chi connectivity index (χ3v) is 4.21. The van der Waals surface area contributed by atoms with Crippen LogP contribution < -0.4 is 10.2 Å². The fourth-order valence-corrected chi connectivity index (χ4v) is 2.88. The normalized spacial score (nSPS) is 11.5. The number of ether oxygens (including phenoxy) is 1. The lowest BCUT2D eigenvalue weighted by atomic mass is 10.1. The van der Waals surface area contributed by atoms with Crippen LogP contribution in [0.15, 0.2) is 47.6 Å². The minimum atomic E-state index is 0.329. The standard InChI is InChI=1S/C20H20N6O/c1-3-11-27-16-10-5-4-8-14(16)12-21-25-20-23-19-18(24-26-20)15-9-6-7-13(2)17(15)22-19/h4-10,12H,3,11H2,1-2H3,(H2,22,23,25,26). The maximum Gasteiger partial charge on any atom is 0.265 e. The van der Waals surface area contributed by atoms with Gasteiger partial charge in [-0.1, -0.05) is 37.3 Å². The maximum absolute atomic E-state index is 5.72. The smallest absolute Gasteiger partial charge is 0.265 e. The van der Waals surface area contributed by atoms with Gasteiger partial charge in [0, 0.05) is 10.9 Å². The van der Waals surface area contributed by atoms with Gasteiger partial charge in [-0.25, -0.2) is 5.43 Å². The van der Waals surface area contributed by atoms with Gasteiger partial charge in [-0.15, -0.1) is 10.2 Å². The van der Waals surface area contributed by atoms with Crippen LogP contribution >= 0.6 is 0 Å². The van der Waals surface area contributed by atoms with Gasteiger partial charge < -0.3 is 9.72 Å². The minimum Gasteiger partial charge on any atom is -0.493 e. The van der Waals surface area contributed by atoms with E-state index < -0.39 is 0 Å². The van der Waals surface area contributed by atoms with Crippen molar-refractivity contribution in [3.05, 3.63) is 53.6 Å². The number of hydrogen-bond donors (Lipinski definition) is 2. The maximum atomic E-state index is 5.72. The first kappa shape index (κ1) is 17.0. The molecule has 0 spiro atoms. The molecule has 2 N–H and O–H groups in total. The Morgan fingerprint density at radius 2 is 2.04 bits per heavy atom. The number of para-hydroxylation sites is 2. The molecule has 7 heteroatoms. The average Bonchev–Trinajstić information content (AvgIpc) is 3.06. The highest BCUT2D eigenvalue weighted by Crippen LogP contribution is 2.24. The average molecular weight is 360 g/mol. The number of nitrogens with zero attached hydrogens (tertiary/aromatic N) is 4. The fraction of sp³-hybridized carbons (Fsp3) is 0.200. The highest BCUT2D eigenvalue weighted by molar-refractivity contribution is 6.04. The first-order valence-electron chi connectivity index (χ1n) is 8.89. The van der Waals surface area contributed by atoms with Gasteiger partial charge in [0.15, 0.2) is 5.65 Å². The molecule has 2 heterocycles. The van der Waals surface area contributed by atoms with Crippen LogP contribution in [0.3, 0.4) is 0 Å². The van der Waals surface area contributed by atoms with E-state index in [1.54, 1.807) is 6.21 Å². The summed E-state index contributed by atoms with van der Waals surface area (Å²) < 4.78 is 5.72. The van der Waals surface area contributed by atoms with Gasteiger partial charge >= 0.3 is 0 Å². The van der Waals surface area contributed by atoms with Crippen LogP contribution in [0, 0.1) is 6.92 Å². The number of anilines is 1. The second kappa shape index (κ2) is 7.41. The van der Waals surface area contributed by atoms with E-state index in [2.05, 4.69) is 37.6 Å². The molecule has 0 aliphatic heterocycles. The number of aryl methyl sites for hydroxylation is 1. The van der Waals surface area contributed by atoms with Gasteiger partial charge in [-0.3, -0.25) is 0 Å². The number of aromatic amines is 1. The summed E-state index contributed by atoms with van der Waals surface area (Å²) in [5.41, 5.74) is 7.32. The van der Waals surface area contributed by atoms with Crippen molar-refractivity contribution in [2.24, 2.45) is 5.10 Å². The van der Waals surface area contributed by atoms with Crippen molar-refractivity contribution >= 4 is 34.2 Å². The number of aromatic nitrogens is 4. The Bertz CT molecular complexity index is 1120. The third-order valence-electron chi connectivity index (χ3n) is 4.21. The number of nitrogens with one attached hydrogen (secondary N) is 2. The lowest BCUT2D eigenvalue weighted by molar-refractivity contribution is 0.317. The third kappa shape index (κ3) is 3.44. The summed E-state index contributed by atoms with van der Waals surface area (Å²) in [6.45, 7) is 4.79. The molecule has 2 aromatic heterocycles. The first-order valence-corrected chi connectivity index (χ1v) is 8.89. The van der Waals surface area contributed by atoms with Crippen molar-refractivity contribution in [1.82, 2.24) is 20.2 Å². The number of hydrazone groups is 1. The largest absolute Gasteiger partial charge is 0.493 e. The topological polar surface area (TPSA) is 88.1 Å². The number of benzene rings is 2. The van der Waals surface area contributed by atoms with E-state index in [0.717, 1.165) is 39.7 Å². The lowest BCUT2D eigenvalue weighted by Gasteiger charge is -2.07. The van der Waals surface area contributed by atoms with Crippen LogP contribution in [0.4, 0.5) is 5.95 Å². The Kier molecular flexibility index (Phi) is 4.65. The van der Waals surface area contributed by atoms with Gasteiger partial charge in [-0.2, -0.15) is 10.1 Å². The molecule has 0 aliphatic carbocycles. The molecule has 0 aliphatic rings. The van der Waals surface area contributed by atoms with Crippen LogP contribution in [-0.4, -0.2) is 33.0 Å². The highest BCUT2D eigenvalue weighted by atomic mass is 16.5. The monoisotopic (exact) mass is 360 g/mol. The summed E-state index contributed by atoms with van der Waals surface area (Å²) in [5, 5.41) is 13.7. The molecule has 4 aromatic rings. The second-order valence-corrected chi connectivity index (χ2v) is 6.21. The van der Waals surface area contributed by atoms with E-state index >= 15 is 0 Å². The molecular weight excluding hydrogens is 340 g/mol. The molecule has 0 bridgehead atoms. The zero-order chi connectivity index (χ0) is 18.6. The summed E-state index contributed by atoms with van der Waals surface area (Å²) in [4.78, 5) is 7.77. The Hall–Kier alpha value is -3.48. The number of fused-ring (bicyclic) bond motifs is 3. The first-order chi connectivity index (χ1) is 13.3. The predicted octanol–water partition coefficient (Wildman–Crippen LogP) is 4.05. The Balaban J connectivity index is 1.57. The molecule has 0 fully saturated rings. The van der Waals surface area contributed by atoms with Crippen molar-refractivity contribution < 1.29 is 4.74 Å². The van der Waals surface area contributed by atoms with Crippen molar-refractivity contribution in [2.45, 2.75) is 20.3 Å². The van der Waals surface area contributed by atoms with Gasteiger partial charge in [0.25, 0.3) is 5.95 Å². The molecular formula is C20H20N6O. The van der Waals surface area contributed by atoms with Crippen LogP contribution in [-0.2, 0) is 0 Å². The Labute approximate surface area is 156 Å². The molecule has 0 saturated heterocycles. The van der Waals surface area contributed by atoms with Crippen molar-refractivity contribution in [1.29, 1.82) is 0 Å². The van der Waals surface area contributed by atoms with Crippen LogP contribution in [0.5, 0.6) is 5.75 Å². The molecule has 136 valence electrons. The van der Waals surface area contributed by atoms with E-state index in [0.29, 0.717) is 18.2 Å². The van der Waals surface area contributed by atoms with E-state index in [-0.39, 0.29) is 0 Å². The van der Waals surface area contributed by atoms with Gasteiger partial charge in [0.05, 0.1) is 18.3 Å². The fourth-order valence-electron chi connectivity index (χ4n) is 2.88. The molecule has 0 amide bonds. The van der Waals surface area contributed by atoms with E-state index in [9.17, 15) is 0 Å². The van der Waals surface area contributed by atoms with Gasteiger partial charge in [0.2, 0.25) is 0 Å². The van der Waals surface area contributed by atoms with E-state index in [4.69, 9.17) is 4.74 Å². The molecule has 27 heavy (non-hydrogen) atoms. The number of rotatable bonds is 6. The Morgan fingerprint density at radius 3 is 2.93 bits per heavy atom. The summed E-state index contributed by atoms with van der Waals surface area (Å²) in [6, 6.07) is 13.8. The molecule has 0 unspecified atom stereocenters. The van der Waals surface area contributed by atoms with Crippen LogP contribution in [0.1, 0.15) is 24.5 Å². The predicted molar refractivity (Wildman–Crippen MR) is 107 cm³/mol. The molecule has 0 saturated carbocycles. The summed E-state index contributed by atoms with van der Waals surface area (Å²) in [6.07, 6.45) is 2.64. The zero-order valence-electron chi connectivity index (χ0n) is 15.2. The van der Waals surface area contributed by atoms with Crippen LogP contribution in [0.25, 0.3) is 22.1 Å². The molecule has 2 aromatic carbocycles. The molecule has 4 rings (SSSR count). The quantitative estimate of drug-likeness (QED) is 0.400. The van der Waals surface area contributed by atoms with E-state index in [1.165, 1.54) is 0 Å². The van der Waals surface area contributed by atoms with Crippen molar-refractivity contribution in [3.63, 3.8) is 0 Å². The number of H-pyrrole nitrogens is 1. The number of hydrogen-bond acceptors (Lipinski definition) is 6.